The Hall–Kier alpha value is -1.56. The van der Waals surface area contributed by atoms with Crippen LogP contribution in [0.25, 0.3) is 0 Å². The van der Waals surface area contributed by atoms with Gasteiger partial charge in [-0.05, 0) is 25.9 Å². The summed E-state index contributed by atoms with van der Waals surface area (Å²) in [4.78, 5) is 22.3. The van der Waals surface area contributed by atoms with Gasteiger partial charge >= 0.3 is 0 Å². The zero-order chi connectivity index (χ0) is 12.3. The van der Waals surface area contributed by atoms with Gasteiger partial charge in [-0.1, -0.05) is 0 Å². The molecule has 17 heavy (non-hydrogen) atoms. The van der Waals surface area contributed by atoms with Crippen LogP contribution in [0.4, 0.5) is 11.5 Å². The fraction of sp³-hybridized carbons (Fsp3) is 0.636. The molecule has 2 rings (SSSR count). The highest BCUT2D eigenvalue weighted by Gasteiger charge is 2.14. The molecule has 6 nitrogen and oxygen atoms in total. The number of nitrogens with one attached hydrogen (secondary N) is 1. The molecule has 1 saturated heterocycles. The first-order chi connectivity index (χ1) is 8.18. The molecule has 0 unspecified atom stereocenters. The number of rotatable bonds is 4. The van der Waals surface area contributed by atoms with Gasteiger partial charge in [-0.25, -0.2) is 4.98 Å². The zero-order valence-corrected chi connectivity index (χ0v) is 10.1. The van der Waals surface area contributed by atoms with Crippen molar-refractivity contribution < 1.29 is 0 Å². The van der Waals surface area contributed by atoms with Crippen LogP contribution in [0.15, 0.2) is 11.1 Å². The van der Waals surface area contributed by atoms with Crippen LogP contribution in [0, 0.1) is 0 Å². The summed E-state index contributed by atoms with van der Waals surface area (Å²) in [5.74, 6) is 0.563. The summed E-state index contributed by atoms with van der Waals surface area (Å²) in [5, 5.41) is 0. The number of nitrogens with two attached hydrogens (primary N) is 1. The van der Waals surface area contributed by atoms with Gasteiger partial charge < -0.3 is 20.5 Å². The maximum Gasteiger partial charge on any atom is 0.276 e. The van der Waals surface area contributed by atoms with Crippen molar-refractivity contribution in [3.8, 4) is 0 Å². The monoisotopic (exact) mass is 237 g/mol. The number of nitrogens with zero attached hydrogens (tertiary/aromatic N) is 3. The predicted octanol–water partition coefficient (Wildman–Crippen LogP) is -0.116. The Morgan fingerprint density at radius 2 is 2.24 bits per heavy atom. The summed E-state index contributed by atoms with van der Waals surface area (Å²) in [6.07, 6.45) is 3.96. The van der Waals surface area contributed by atoms with Gasteiger partial charge in [0.2, 0.25) is 0 Å². The van der Waals surface area contributed by atoms with Gasteiger partial charge in [-0.2, -0.15) is 0 Å². The molecule has 1 fully saturated rings. The zero-order valence-electron chi connectivity index (χ0n) is 10.1. The minimum Gasteiger partial charge on any atom is -0.391 e. The summed E-state index contributed by atoms with van der Waals surface area (Å²) in [6.45, 7) is 4.17. The third kappa shape index (κ3) is 2.76. The van der Waals surface area contributed by atoms with Crippen molar-refractivity contribution in [2.75, 3.05) is 43.9 Å². The lowest BCUT2D eigenvalue weighted by atomic mass is 10.4. The van der Waals surface area contributed by atoms with Crippen molar-refractivity contribution in [3.63, 3.8) is 0 Å². The van der Waals surface area contributed by atoms with E-state index in [1.165, 1.54) is 32.3 Å². The maximum atomic E-state index is 11.3. The van der Waals surface area contributed by atoms with Crippen molar-refractivity contribution >= 4 is 11.5 Å². The lowest BCUT2D eigenvalue weighted by molar-refractivity contribution is 0.346. The van der Waals surface area contributed by atoms with E-state index in [1.807, 2.05) is 11.9 Å². The molecule has 0 spiro atoms. The first kappa shape index (κ1) is 11.9. The molecule has 1 aromatic heterocycles. The molecular weight excluding hydrogens is 218 g/mol. The number of anilines is 2. The summed E-state index contributed by atoms with van der Waals surface area (Å²) in [6, 6.07) is 0. The Kier molecular flexibility index (Phi) is 3.63. The average molecular weight is 237 g/mol. The van der Waals surface area contributed by atoms with E-state index in [0.29, 0.717) is 5.82 Å². The number of likely N-dealkylation sites (tertiary alicyclic amines) is 1. The number of aromatic amines is 1. The number of nitrogen functional groups attached to an aromatic ring is 1. The van der Waals surface area contributed by atoms with Crippen LogP contribution in [-0.4, -0.2) is 48.1 Å². The van der Waals surface area contributed by atoms with Crippen LogP contribution in [0.3, 0.4) is 0 Å². The van der Waals surface area contributed by atoms with Crippen LogP contribution in [0.2, 0.25) is 0 Å². The third-order valence-corrected chi connectivity index (χ3v) is 3.18. The molecule has 6 heteroatoms. The van der Waals surface area contributed by atoms with Crippen LogP contribution in [0.5, 0.6) is 0 Å². The first-order valence-corrected chi connectivity index (χ1v) is 5.95. The molecular formula is C11H19N5O. The van der Waals surface area contributed by atoms with E-state index in [0.717, 1.165) is 13.1 Å². The van der Waals surface area contributed by atoms with Crippen molar-refractivity contribution in [1.29, 1.82) is 0 Å². The van der Waals surface area contributed by atoms with Crippen molar-refractivity contribution in [2.24, 2.45) is 0 Å². The minimum atomic E-state index is -0.275. The molecule has 1 aromatic rings. The number of hydrogen-bond acceptors (Lipinski definition) is 5. The van der Waals surface area contributed by atoms with E-state index >= 15 is 0 Å². The first-order valence-electron chi connectivity index (χ1n) is 5.95. The van der Waals surface area contributed by atoms with Crippen LogP contribution in [0.1, 0.15) is 12.8 Å². The topological polar surface area (TPSA) is 78.2 Å². The SMILES string of the molecule is CN(CCN1CCCC1)c1nc[nH]c(=O)c1N. The fourth-order valence-corrected chi connectivity index (χ4v) is 2.11. The predicted molar refractivity (Wildman–Crippen MR) is 68.2 cm³/mol. The van der Waals surface area contributed by atoms with Crippen LogP contribution >= 0.6 is 0 Å². The second-order valence-corrected chi connectivity index (χ2v) is 4.44. The minimum absolute atomic E-state index is 0.191. The van der Waals surface area contributed by atoms with Crippen LogP contribution < -0.4 is 16.2 Å². The van der Waals surface area contributed by atoms with Crippen molar-refractivity contribution in [1.82, 2.24) is 14.9 Å². The highest BCUT2D eigenvalue weighted by molar-refractivity contribution is 5.60. The lowest BCUT2D eigenvalue weighted by Gasteiger charge is -2.22. The van der Waals surface area contributed by atoms with Crippen LogP contribution in [-0.2, 0) is 0 Å². The van der Waals surface area contributed by atoms with Crippen molar-refractivity contribution in [3.05, 3.63) is 16.7 Å². The second-order valence-electron chi connectivity index (χ2n) is 4.44. The summed E-state index contributed by atoms with van der Waals surface area (Å²) >= 11 is 0. The molecule has 0 aliphatic carbocycles. The van der Waals surface area contributed by atoms with Gasteiger partial charge in [0.25, 0.3) is 5.56 Å². The number of likely N-dealkylation sites (N-methyl/N-ethyl adjacent to an activating group) is 1. The summed E-state index contributed by atoms with van der Waals surface area (Å²) < 4.78 is 0. The number of aromatic nitrogens is 2. The van der Waals surface area contributed by atoms with E-state index in [2.05, 4.69) is 14.9 Å². The number of H-pyrrole nitrogens is 1. The van der Waals surface area contributed by atoms with E-state index in [4.69, 9.17) is 5.73 Å². The number of hydrogen-bond donors (Lipinski definition) is 2. The van der Waals surface area contributed by atoms with E-state index < -0.39 is 0 Å². The van der Waals surface area contributed by atoms with Gasteiger partial charge in [0.15, 0.2) is 5.82 Å². The molecule has 0 bridgehead atoms. The molecule has 0 radical (unpaired) electrons. The van der Waals surface area contributed by atoms with Gasteiger partial charge in [0.1, 0.15) is 5.69 Å². The maximum absolute atomic E-state index is 11.3. The third-order valence-electron chi connectivity index (χ3n) is 3.18. The van der Waals surface area contributed by atoms with Gasteiger partial charge in [0.05, 0.1) is 6.33 Å². The van der Waals surface area contributed by atoms with E-state index in [-0.39, 0.29) is 11.2 Å². The fourth-order valence-electron chi connectivity index (χ4n) is 2.11. The molecule has 0 aromatic carbocycles. The molecule has 0 atom stereocenters. The Bertz CT molecular complexity index is 424. The van der Waals surface area contributed by atoms with E-state index in [9.17, 15) is 4.79 Å². The molecule has 2 heterocycles. The molecule has 1 aliphatic heterocycles. The largest absolute Gasteiger partial charge is 0.391 e. The van der Waals surface area contributed by atoms with Gasteiger partial charge in [-0.3, -0.25) is 4.79 Å². The molecule has 94 valence electrons. The Balaban J connectivity index is 1.96. The Morgan fingerprint density at radius 3 is 2.94 bits per heavy atom. The highest BCUT2D eigenvalue weighted by Crippen LogP contribution is 2.13. The molecule has 3 N–H and O–H groups in total. The highest BCUT2D eigenvalue weighted by atomic mass is 16.1. The van der Waals surface area contributed by atoms with E-state index in [1.54, 1.807) is 0 Å². The smallest absolute Gasteiger partial charge is 0.276 e. The second kappa shape index (κ2) is 5.18. The summed E-state index contributed by atoms with van der Waals surface area (Å²) in [7, 11) is 1.91. The molecule has 0 amide bonds. The Labute approximate surface area is 100 Å². The van der Waals surface area contributed by atoms with Gasteiger partial charge in [-0.15, -0.1) is 0 Å². The Morgan fingerprint density at radius 1 is 1.53 bits per heavy atom. The quantitative estimate of drug-likeness (QED) is 0.763. The molecule has 0 saturated carbocycles. The van der Waals surface area contributed by atoms with Gasteiger partial charge in [0, 0.05) is 20.1 Å². The average Bonchev–Trinajstić information content (AvgIpc) is 2.82. The normalized spacial score (nSPS) is 16.3. The molecule has 1 aliphatic rings. The van der Waals surface area contributed by atoms with Crippen molar-refractivity contribution in [2.45, 2.75) is 12.8 Å². The standard InChI is InChI=1S/C11H19N5O/c1-15(6-7-16-4-2-3-5-16)10-9(12)11(17)14-8-13-10/h8H,2-7,12H2,1H3,(H,13,14,17). The lowest BCUT2D eigenvalue weighted by Crippen LogP contribution is -2.33. The summed E-state index contributed by atoms with van der Waals surface area (Å²) in [5.41, 5.74) is 5.62.